The third-order valence-corrected chi connectivity index (χ3v) is 6.18. The van der Waals surface area contributed by atoms with Gasteiger partial charge in [0.25, 0.3) is 0 Å². The molecule has 4 nitrogen and oxygen atoms in total. The molecule has 2 amide bonds. The van der Waals surface area contributed by atoms with E-state index < -0.39 is 5.82 Å². The first-order chi connectivity index (χ1) is 13.5. The minimum absolute atomic E-state index is 0.0935. The van der Waals surface area contributed by atoms with E-state index in [4.69, 9.17) is 0 Å². The molecule has 3 rings (SSSR count). The van der Waals surface area contributed by atoms with Crippen molar-refractivity contribution in [3.8, 4) is 0 Å². The third-order valence-electron chi connectivity index (χ3n) is 4.67. The summed E-state index contributed by atoms with van der Waals surface area (Å²) in [6.45, 7) is 0. The summed E-state index contributed by atoms with van der Waals surface area (Å²) >= 11 is 4.54. The van der Waals surface area contributed by atoms with Crippen molar-refractivity contribution < 1.29 is 14.0 Å². The van der Waals surface area contributed by atoms with Crippen molar-refractivity contribution in [3.05, 3.63) is 52.8 Å². The molecule has 7 heteroatoms. The Hall–Kier alpha value is -1.86. The normalized spacial score (nSPS) is 14.5. The number of carbonyl (C=O) groups excluding carboxylic acids is 2. The number of amides is 2. The van der Waals surface area contributed by atoms with Crippen molar-refractivity contribution in [1.29, 1.82) is 0 Å². The van der Waals surface area contributed by atoms with Gasteiger partial charge in [-0.05, 0) is 55.3 Å². The second kappa shape index (κ2) is 10.1. The van der Waals surface area contributed by atoms with E-state index in [1.54, 1.807) is 6.07 Å². The summed E-state index contributed by atoms with van der Waals surface area (Å²) in [7, 11) is 0. The minimum Gasteiger partial charge on any atom is -0.326 e. The van der Waals surface area contributed by atoms with Crippen LogP contribution in [0.15, 0.2) is 51.8 Å². The predicted molar refractivity (Wildman–Crippen MR) is 115 cm³/mol. The number of benzene rings is 2. The second-order valence-corrected chi connectivity index (χ2v) is 8.77. The van der Waals surface area contributed by atoms with Gasteiger partial charge in [0.1, 0.15) is 5.82 Å². The van der Waals surface area contributed by atoms with Crippen LogP contribution in [-0.4, -0.2) is 17.6 Å². The summed E-state index contributed by atoms with van der Waals surface area (Å²) in [5, 5.41) is 5.54. The molecule has 1 saturated carbocycles. The number of carbonyl (C=O) groups is 2. The SMILES string of the molecule is O=C(CSc1ccc(NC(=O)C2CCCCC2)cc1)Nc1ccc(Br)cc1F. The van der Waals surface area contributed by atoms with Gasteiger partial charge in [0.15, 0.2) is 0 Å². The highest BCUT2D eigenvalue weighted by molar-refractivity contribution is 9.10. The highest BCUT2D eigenvalue weighted by Crippen LogP contribution is 2.26. The summed E-state index contributed by atoms with van der Waals surface area (Å²) in [6, 6.07) is 11.9. The lowest BCUT2D eigenvalue weighted by atomic mass is 9.88. The van der Waals surface area contributed by atoms with Crippen LogP contribution in [0.4, 0.5) is 15.8 Å². The van der Waals surface area contributed by atoms with Crippen molar-refractivity contribution in [2.75, 3.05) is 16.4 Å². The minimum atomic E-state index is -0.481. The maximum absolute atomic E-state index is 13.8. The quantitative estimate of drug-likeness (QED) is 0.528. The van der Waals surface area contributed by atoms with Crippen LogP contribution < -0.4 is 10.6 Å². The molecule has 1 fully saturated rings. The van der Waals surface area contributed by atoms with Crippen LogP contribution >= 0.6 is 27.7 Å². The first-order valence-corrected chi connectivity index (χ1v) is 11.1. The molecule has 0 spiro atoms. The first kappa shape index (κ1) is 20.9. The Morgan fingerprint density at radius 1 is 1.04 bits per heavy atom. The fraction of sp³-hybridized carbons (Fsp3) is 0.333. The topological polar surface area (TPSA) is 58.2 Å². The summed E-state index contributed by atoms with van der Waals surface area (Å²) in [5.41, 5.74) is 0.927. The molecule has 0 heterocycles. The third kappa shape index (κ3) is 6.07. The van der Waals surface area contributed by atoms with E-state index in [0.717, 1.165) is 36.3 Å². The Morgan fingerprint density at radius 3 is 2.43 bits per heavy atom. The number of rotatable bonds is 6. The average Bonchev–Trinajstić information content (AvgIpc) is 2.70. The van der Waals surface area contributed by atoms with E-state index in [2.05, 4.69) is 26.6 Å². The number of anilines is 2. The van der Waals surface area contributed by atoms with E-state index in [1.165, 1.54) is 30.3 Å². The lowest BCUT2D eigenvalue weighted by molar-refractivity contribution is -0.120. The molecule has 2 aromatic carbocycles. The molecule has 0 aliphatic heterocycles. The molecule has 148 valence electrons. The van der Waals surface area contributed by atoms with Crippen molar-refractivity contribution in [1.82, 2.24) is 0 Å². The van der Waals surface area contributed by atoms with Crippen LogP contribution in [0.5, 0.6) is 0 Å². The van der Waals surface area contributed by atoms with Crippen LogP contribution in [0.25, 0.3) is 0 Å². The number of thioether (sulfide) groups is 1. The van der Waals surface area contributed by atoms with Gasteiger partial charge in [0.2, 0.25) is 11.8 Å². The molecule has 0 unspecified atom stereocenters. The van der Waals surface area contributed by atoms with Gasteiger partial charge in [0.05, 0.1) is 11.4 Å². The zero-order valence-electron chi connectivity index (χ0n) is 15.3. The molecule has 2 N–H and O–H groups in total. The summed E-state index contributed by atoms with van der Waals surface area (Å²) in [5.74, 6) is -0.378. The fourth-order valence-electron chi connectivity index (χ4n) is 3.17. The average molecular weight is 465 g/mol. The number of hydrogen-bond donors (Lipinski definition) is 2. The first-order valence-electron chi connectivity index (χ1n) is 9.30. The molecule has 0 atom stereocenters. The largest absolute Gasteiger partial charge is 0.326 e. The Labute approximate surface area is 176 Å². The van der Waals surface area contributed by atoms with Crippen molar-refractivity contribution in [3.63, 3.8) is 0 Å². The van der Waals surface area contributed by atoms with Gasteiger partial charge in [0, 0.05) is 21.0 Å². The maximum atomic E-state index is 13.8. The zero-order valence-corrected chi connectivity index (χ0v) is 17.7. The van der Waals surface area contributed by atoms with Gasteiger partial charge in [-0.15, -0.1) is 11.8 Å². The van der Waals surface area contributed by atoms with Crippen molar-refractivity contribution in [2.24, 2.45) is 5.92 Å². The second-order valence-electron chi connectivity index (χ2n) is 6.81. The molecule has 0 saturated heterocycles. The molecule has 1 aliphatic rings. The van der Waals surface area contributed by atoms with E-state index in [9.17, 15) is 14.0 Å². The Bertz CT molecular complexity index is 839. The number of hydrogen-bond acceptors (Lipinski definition) is 3. The maximum Gasteiger partial charge on any atom is 0.234 e. The summed E-state index contributed by atoms with van der Waals surface area (Å²) < 4.78 is 14.4. The van der Waals surface area contributed by atoms with Crippen LogP contribution in [0.3, 0.4) is 0 Å². The molecule has 28 heavy (non-hydrogen) atoms. The molecule has 1 aliphatic carbocycles. The van der Waals surface area contributed by atoms with E-state index >= 15 is 0 Å². The molecule has 0 bridgehead atoms. The molecular weight excluding hydrogens is 443 g/mol. The van der Waals surface area contributed by atoms with E-state index in [0.29, 0.717) is 4.47 Å². The molecule has 0 radical (unpaired) electrons. The van der Waals surface area contributed by atoms with Crippen molar-refractivity contribution in [2.45, 2.75) is 37.0 Å². The number of halogens is 2. The smallest absolute Gasteiger partial charge is 0.234 e. The van der Waals surface area contributed by atoms with Gasteiger partial charge < -0.3 is 10.6 Å². The Kier molecular flexibility index (Phi) is 7.50. The molecule has 2 aromatic rings. The van der Waals surface area contributed by atoms with Crippen LogP contribution in [0, 0.1) is 11.7 Å². The Morgan fingerprint density at radius 2 is 1.75 bits per heavy atom. The monoisotopic (exact) mass is 464 g/mol. The zero-order chi connectivity index (χ0) is 19.9. The molecular formula is C21H22BrFN2O2S. The van der Waals surface area contributed by atoms with Gasteiger partial charge >= 0.3 is 0 Å². The summed E-state index contributed by atoms with van der Waals surface area (Å²) in [4.78, 5) is 25.2. The van der Waals surface area contributed by atoms with Crippen LogP contribution in [0.1, 0.15) is 32.1 Å². The lowest BCUT2D eigenvalue weighted by Crippen LogP contribution is -2.24. The van der Waals surface area contributed by atoms with E-state index in [-0.39, 0.29) is 29.2 Å². The molecule has 0 aromatic heterocycles. The van der Waals surface area contributed by atoms with Crippen LogP contribution in [0.2, 0.25) is 0 Å². The van der Waals surface area contributed by atoms with Crippen molar-refractivity contribution >= 4 is 50.9 Å². The highest BCUT2D eigenvalue weighted by atomic mass is 79.9. The predicted octanol–water partition coefficient (Wildman–Crippen LogP) is 5.84. The fourth-order valence-corrected chi connectivity index (χ4v) is 4.20. The summed E-state index contributed by atoms with van der Waals surface area (Å²) in [6.07, 6.45) is 5.40. The van der Waals surface area contributed by atoms with Gasteiger partial charge in [-0.25, -0.2) is 4.39 Å². The standard InChI is InChI=1S/C21H22BrFN2O2S/c22-15-6-11-19(18(23)12-15)25-20(26)13-28-17-9-7-16(8-10-17)24-21(27)14-4-2-1-3-5-14/h6-12,14H,1-5,13H2,(H,24,27)(H,25,26). The van der Waals surface area contributed by atoms with Gasteiger partial charge in [-0.1, -0.05) is 35.2 Å². The highest BCUT2D eigenvalue weighted by Gasteiger charge is 2.20. The van der Waals surface area contributed by atoms with Gasteiger partial charge in [-0.2, -0.15) is 0 Å². The van der Waals surface area contributed by atoms with Crippen LogP contribution in [-0.2, 0) is 9.59 Å². The Balaban J connectivity index is 1.47. The number of nitrogens with one attached hydrogen (secondary N) is 2. The van der Waals surface area contributed by atoms with E-state index in [1.807, 2.05) is 24.3 Å². The van der Waals surface area contributed by atoms with Gasteiger partial charge in [-0.3, -0.25) is 9.59 Å². The lowest BCUT2D eigenvalue weighted by Gasteiger charge is -2.20.